The summed E-state index contributed by atoms with van der Waals surface area (Å²) in [4.78, 5) is 86.6. The molecule has 4 N–H and O–H groups in total. The third-order valence-corrected chi connectivity index (χ3v) is 19.3. The molecular formula is C88H109IN12O16. The minimum atomic E-state index is -0.624. The van der Waals surface area contributed by atoms with E-state index in [2.05, 4.69) is 27.4 Å². The number of rotatable bonds is 18. The zero-order chi connectivity index (χ0) is 83.7. The summed E-state index contributed by atoms with van der Waals surface area (Å²) in [5, 5.41) is 14.5. The standard InChI is InChI=1S/C30H34N4O5.C29H34IN3O5.C29H35N3O5.H2N2.H2O.H2/c1-6-37-28(35)27-26(31-5)25(21-15-17-24(18-16-21)38-23-13-8-7-9-14-23)32-34(27)22-12-10-11-19-33(20-22)29(36)39-30(2,3)4;1-5-36-27(34)26-24(30)25(20-14-16-23(17-15-20)37-22-12-7-6-8-13-22)31-33(26)21-11-9-10-18-32(19-21)28(35)38-29(2,3)4;1-5-35-27(33)26-19-25(21-14-16-24(17-15-21)36-23-12-7-6-8-13-23)30-32(26)22-11-9-10-18-31(20-22)28(34)37-29(2,3)4;1-2;;/h7-9,13-18,22H,6,10-12,19-20H2,1-4H3;6-8,12-17,21H,5,9-11,18-19H2,1-4H3;6-8,12-17,19,22H,5,9-11,18,20H2,1-4H3;1-2H;1H2;1H. The molecule has 0 bridgehead atoms. The first-order valence-corrected chi connectivity index (χ1v) is 40.2. The molecule has 3 amide bonds. The minimum Gasteiger partial charge on any atom is -0.462 e. The maximum absolute atomic E-state index is 13.1. The number of aromatic nitrogens is 6. The molecule has 28 nitrogen and oxygen atoms in total. The van der Waals surface area contributed by atoms with Crippen LogP contribution in [0.4, 0.5) is 20.1 Å². The summed E-state index contributed by atoms with van der Waals surface area (Å²) in [5.74, 6) is 2.80. The van der Waals surface area contributed by atoms with Crippen LogP contribution in [0.5, 0.6) is 34.5 Å². The highest BCUT2D eigenvalue weighted by molar-refractivity contribution is 14.1. The van der Waals surface area contributed by atoms with Gasteiger partial charge in [-0.15, -0.1) is 0 Å². The van der Waals surface area contributed by atoms with Crippen LogP contribution in [0.3, 0.4) is 0 Å². The van der Waals surface area contributed by atoms with E-state index in [1.54, 1.807) is 67.7 Å². The number of benzene rings is 6. The van der Waals surface area contributed by atoms with Crippen LogP contribution in [-0.4, -0.2) is 162 Å². The topological polar surface area (TPSA) is 332 Å². The molecule has 117 heavy (non-hydrogen) atoms. The molecule has 6 aromatic carbocycles. The first kappa shape index (κ1) is 90.9. The Hall–Kier alpha value is -11.7. The molecule has 0 radical (unpaired) electrons. The summed E-state index contributed by atoms with van der Waals surface area (Å²) in [5.41, 5.74) is 13.3. The van der Waals surface area contributed by atoms with Crippen molar-refractivity contribution < 1.29 is 78.3 Å². The van der Waals surface area contributed by atoms with Crippen molar-refractivity contribution >= 4 is 64.5 Å². The maximum atomic E-state index is 13.1. The first-order valence-electron chi connectivity index (χ1n) is 39.2. The highest BCUT2D eigenvalue weighted by Gasteiger charge is 2.37. The Morgan fingerprint density at radius 2 is 0.752 bits per heavy atom. The lowest BCUT2D eigenvalue weighted by atomic mass is 10.1. The van der Waals surface area contributed by atoms with E-state index in [-0.39, 0.29) is 68.4 Å². The number of amides is 3. The SMILES string of the molecule is CCOC(=O)c1c(I)c(-c2ccc(Oc3ccccc3)cc2)nn1C1CCCCN(C(=O)OC(C)(C)C)C1.CCOC(=O)c1cc(-c2ccc(Oc3ccccc3)cc2)nn1C1CCCCN(C(=O)OC(C)(C)C)C1.N=N.O.[C-]#[N+]c1c(-c2ccc(Oc3ccccc3)cc2)nn(C2CCCCN(C(=O)OC(C)(C)C)C2)c1C(=O)OCC.[HH]. The fourth-order valence-electron chi connectivity index (χ4n) is 13.2. The van der Waals surface area contributed by atoms with E-state index in [0.29, 0.717) is 106 Å². The molecule has 624 valence electrons. The van der Waals surface area contributed by atoms with Crippen molar-refractivity contribution in [3.63, 3.8) is 0 Å². The van der Waals surface area contributed by atoms with Gasteiger partial charge in [0.2, 0.25) is 5.69 Å². The molecule has 0 saturated carbocycles. The predicted octanol–water partition coefficient (Wildman–Crippen LogP) is 20.6. The summed E-state index contributed by atoms with van der Waals surface area (Å²) < 4.78 is 56.5. The van der Waals surface area contributed by atoms with E-state index in [4.69, 9.17) is 75.6 Å². The molecule has 3 fully saturated rings. The van der Waals surface area contributed by atoms with Gasteiger partial charge >= 0.3 is 36.2 Å². The van der Waals surface area contributed by atoms with Crippen LogP contribution in [0, 0.1) is 21.2 Å². The van der Waals surface area contributed by atoms with Gasteiger partial charge in [-0.25, -0.2) is 44.7 Å². The molecule has 3 aromatic heterocycles. The lowest BCUT2D eigenvalue weighted by Crippen LogP contribution is -2.40. The third-order valence-electron chi connectivity index (χ3n) is 18.3. The Kier molecular flexibility index (Phi) is 33.3. The van der Waals surface area contributed by atoms with Crippen molar-refractivity contribution in [3.8, 4) is 68.3 Å². The Morgan fingerprint density at radius 3 is 1.11 bits per heavy atom. The number of esters is 3. The number of nitrogens with one attached hydrogen (secondary N) is 2. The molecule has 3 atom stereocenters. The number of hydrogen-bond acceptors (Lipinski definition) is 20. The quantitative estimate of drug-likeness (QED) is 0.0265. The van der Waals surface area contributed by atoms with Gasteiger partial charge in [-0.1, -0.05) is 66.7 Å². The second-order valence-corrected chi connectivity index (χ2v) is 31.7. The molecular weight excluding hydrogens is 1610 g/mol. The number of para-hydroxylation sites is 3. The van der Waals surface area contributed by atoms with Gasteiger partial charge < -0.3 is 62.8 Å². The zero-order valence-corrected chi connectivity index (χ0v) is 70.8. The van der Waals surface area contributed by atoms with Gasteiger partial charge in [-0.3, -0.25) is 14.0 Å². The highest BCUT2D eigenvalue weighted by atomic mass is 127. The minimum absolute atomic E-state index is 0. The van der Waals surface area contributed by atoms with Crippen LogP contribution in [0.25, 0.3) is 38.6 Å². The largest absolute Gasteiger partial charge is 0.462 e. The highest BCUT2D eigenvalue weighted by Crippen LogP contribution is 2.40. The molecule has 29 heteroatoms. The lowest BCUT2D eigenvalue weighted by Gasteiger charge is -2.28. The second-order valence-electron chi connectivity index (χ2n) is 30.6. The van der Waals surface area contributed by atoms with E-state index in [0.717, 1.165) is 74.0 Å². The third kappa shape index (κ3) is 25.9. The van der Waals surface area contributed by atoms with E-state index in [1.807, 2.05) is 214 Å². The monoisotopic (exact) mass is 1720 g/mol. The van der Waals surface area contributed by atoms with E-state index in [1.165, 1.54) is 0 Å². The molecule has 3 unspecified atom stereocenters. The summed E-state index contributed by atoms with van der Waals surface area (Å²) in [6.45, 7) is 33.4. The zero-order valence-electron chi connectivity index (χ0n) is 68.6. The normalized spacial score (nSPS) is 15.6. The van der Waals surface area contributed by atoms with Crippen molar-refractivity contribution in [3.05, 3.63) is 202 Å². The second kappa shape index (κ2) is 42.8. The molecule has 0 spiro atoms. The van der Waals surface area contributed by atoms with Gasteiger partial charge in [0.25, 0.3) is 0 Å². The molecule has 3 saturated heterocycles. The smallest absolute Gasteiger partial charge is 0.410 e. The van der Waals surface area contributed by atoms with Crippen molar-refractivity contribution in [2.45, 2.75) is 176 Å². The van der Waals surface area contributed by atoms with Crippen molar-refractivity contribution in [2.24, 2.45) is 0 Å². The number of carbonyl (C=O) groups excluding carboxylic acids is 6. The van der Waals surface area contributed by atoms with E-state index < -0.39 is 40.8 Å². The maximum Gasteiger partial charge on any atom is 0.410 e. The number of halogens is 1. The van der Waals surface area contributed by atoms with Gasteiger partial charge in [-0.2, -0.15) is 15.3 Å². The number of hydrogen-bond donors (Lipinski definition) is 2. The fourth-order valence-corrected chi connectivity index (χ4v) is 14.0. The first-order chi connectivity index (χ1) is 55.6. The Morgan fingerprint density at radius 1 is 0.436 bits per heavy atom. The Balaban J connectivity index is 0.000000240. The van der Waals surface area contributed by atoms with Crippen LogP contribution >= 0.6 is 22.6 Å². The van der Waals surface area contributed by atoms with Crippen LogP contribution < -0.4 is 14.2 Å². The van der Waals surface area contributed by atoms with Crippen LogP contribution in [0.2, 0.25) is 0 Å². The number of carbonyl (C=O) groups is 6. The molecule has 12 rings (SSSR count). The number of nitrogens with zero attached hydrogens (tertiary/aromatic N) is 10. The van der Waals surface area contributed by atoms with Gasteiger partial charge in [0.05, 0.1) is 59.5 Å². The van der Waals surface area contributed by atoms with Crippen LogP contribution in [-0.2, 0) is 28.4 Å². The fraction of sp³-hybridized carbons (Fsp3) is 0.409. The van der Waals surface area contributed by atoms with E-state index >= 15 is 0 Å². The summed E-state index contributed by atoms with van der Waals surface area (Å²) >= 11 is 2.17. The van der Waals surface area contributed by atoms with Crippen LogP contribution in [0.1, 0.15) is 192 Å². The van der Waals surface area contributed by atoms with Crippen molar-refractivity contribution in [1.82, 2.24) is 44.0 Å². The molecule has 9 aromatic rings. The van der Waals surface area contributed by atoms with Gasteiger partial charge in [-0.05, 0) is 272 Å². The average Bonchev–Trinajstić information content (AvgIpc) is 1.63. The summed E-state index contributed by atoms with van der Waals surface area (Å²) in [7, 11) is 0. The predicted molar refractivity (Wildman–Crippen MR) is 453 cm³/mol. The lowest BCUT2D eigenvalue weighted by molar-refractivity contribution is 0.0222. The molecule has 3 aliphatic heterocycles. The van der Waals surface area contributed by atoms with Crippen molar-refractivity contribution in [1.29, 1.82) is 11.1 Å². The van der Waals surface area contributed by atoms with Gasteiger partial charge in [0.15, 0.2) is 11.4 Å². The molecule has 3 aliphatic rings. The molecule has 6 heterocycles. The summed E-state index contributed by atoms with van der Waals surface area (Å²) in [6.07, 6.45) is 6.33. The Bertz CT molecular complexity index is 4770. The van der Waals surface area contributed by atoms with Crippen LogP contribution in [0.15, 0.2) is 170 Å². The average molecular weight is 1720 g/mol. The molecule has 0 aliphatic carbocycles. The Labute approximate surface area is 699 Å². The van der Waals surface area contributed by atoms with Gasteiger partial charge in [0.1, 0.15) is 62.7 Å². The number of likely N-dealkylation sites (tertiary alicyclic amines) is 3. The van der Waals surface area contributed by atoms with E-state index in [9.17, 15) is 28.8 Å². The van der Waals surface area contributed by atoms with Crippen molar-refractivity contribution in [2.75, 3.05) is 59.1 Å². The number of ether oxygens (including phenoxy) is 9. The van der Waals surface area contributed by atoms with Gasteiger partial charge in [0, 0.05) is 51.8 Å². The summed E-state index contributed by atoms with van der Waals surface area (Å²) in [6, 6.07) is 52.1.